The standard InChI is InChI=1S/C29H28ClN3O4S/c30-22-13-7-19(8-14-22)17-33-26(34)18-38-29(33)21-11-9-20(10-12-21)27(35)32-25-6-2-1-5-24(25)28(36)31-16-23-4-3-15-37-23/h1-2,5-14,23,29H,3-4,15-18H2,(H,31,36)(H,32,35)/t23-,29-/m0/s1. The van der Waals surface area contributed by atoms with Crippen molar-refractivity contribution in [1.82, 2.24) is 10.2 Å². The lowest BCUT2D eigenvalue weighted by Crippen LogP contribution is -2.32. The van der Waals surface area contributed by atoms with E-state index in [4.69, 9.17) is 16.3 Å². The molecule has 196 valence electrons. The molecule has 2 N–H and O–H groups in total. The first kappa shape index (κ1) is 26.3. The highest BCUT2D eigenvalue weighted by molar-refractivity contribution is 8.00. The van der Waals surface area contributed by atoms with E-state index in [0.717, 1.165) is 30.6 Å². The highest BCUT2D eigenvalue weighted by Gasteiger charge is 2.32. The maximum absolute atomic E-state index is 13.0. The third-order valence-corrected chi connectivity index (χ3v) is 8.13. The first-order valence-electron chi connectivity index (χ1n) is 12.5. The van der Waals surface area contributed by atoms with E-state index in [9.17, 15) is 14.4 Å². The molecule has 2 atom stereocenters. The smallest absolute Gasteiger partial charge is 0.255 e. The number of anilines is 1. The lowest BCUT2D eigenvalue weighted by Gasteiger charge is -2.24. The highest BCUT2D eigenvalue weighted by Crippen LogP contribution is 2.39. The van der Waals surface area contributed by atoms with E-state index in [1.807, 2.05) is 41.3 Å². The first-order valence-corrected chi connectivity index (χ1v) is 14.0. The average molecular weight is 550 g/mol. The number of hydrogen-bond acceptors (Lipinski definition) is 5. The van der Waals surface area contributed by atoms with Crippen LogP contribution in [0, 0.1) is 0 Å². The highest BCUT2D eigenvalue weighted by atomic mass is 35.5. The minimum atomic E-state index is -0.316. The molecule has 3 aromatic carbocycles. The van der Waals surface area contributed by atoms with Crippen LogP contribution in [0.3, 0.4) is 0 Å². The van der Waals surface area contributed by atoms with Crippen molar-refractivity contribution >= 4 is 46.8 Å². The number of amides is 3. The van der Waals surface area contributed by atoms with Gasteiger partial charge in [-0.2, -0.15) is 0 Å². The second-order valence-electron chi connectivity index (χ2n) is 9.28. The molecule has 3 amide bonds. The first-order chi connectivity index (χ1) is 18.5. The molecule has 0 radical (unpaired) electrons. The molecule has 0 aromatic heterocycles. The van der Waals surface area contributed by atoms with Gasteiger partial charge in [-0.15, -0.1) is 11.8 Å². The van der Waals surface area contributed by atoms with E-state index in [2.05, 4.69) is 10.6 Å². The Hall–Kier alpha value is -3.33. The van der Waals surface area contributed by atoms with Crippen molar-refractivity contribution in [2.75, 3.05) is 24.2 Å². The largest absolute Gasteiger partial charge is 0.376 e. The molecule has 0 aliphatic carbocycles. The fourth-order valence-corrected chi connectivity index (χ4v) is 5.89. The number of nitrogens with zero attached hydrogens (tertiary/aromatic N) is 1. The normalized spacial score (nSPS) is 19.0. The maximum Gasteiger partial charge on any atom is 0.255 e. The Morgan fingerprint density at radius 3 is 2.50 bits per heavy atom. The monoisotopic (exact) mass is 549 g/mol. The van der Waals surface area contributed by atoms with Gasteiger partial charge < -0.3 is 20.3 Å². The summed E-state index contributed by atoms with van der Waals surface area (Å²) in [6.07, 6.45) is 1.97. The number of nitrogens with one attached hydrogen (secondary N) is 2. The van der Waals surface area contributed by atoms with Crippen molar-refractivity contribution in [3.8, 4) is 0 Å². The number of benzene rings is 3. The van der Waals surface area contributed by atoms with Crippen LogP contribution in [0.2, 0.25) is 5.02 Å². The molecule has 0 saturated carbocycles. The number of para-hydroxylation sites is 1. The third kappa shape index (κ3) is 6.20. The van der Waals surface area contributed by atoms with Gasteiger partial charge in [0, 0.05) is 30.3 Å². The average Bonchev–Trinajstić information content (AvgIpc) is 3.59. The summed E-state index contributed by atoms with van der Waals surface area (Å²) >= 11 is 7.56. The topological polar surface area (TPSA) is 87.7 Å². The molecule has 2 aliphatic rings. The van der Waals surface area contributed by atoms with Gasteiger partial charge in [0.05, 0.1) is 23.1 Å². The van der Waals surface area contributed by atoms with Gasteiger partial charge in [0.2, 0.25) is 5.91 Å². The van der Waals surface area contributed by atoms with Crippen molar-refractivity contribution < 1.29 is 19.1 Å². The van der Waals surface area contributed by atoms with Crippen LogP contribution in [0.25, 0.3) is 0 Å². The van der Waals surface area contributed by atoms with Gasteiger partial charge in [0.1, 0.15) is 5.37 Å². The summed E-state index contributed by atoms with van der Waals surface area (Å²) in [6.45, 7) is 1.66. The lowest BCUT2D eigenvalue weighted by molar-refractivity contribution is -0.128. The van der Waals surface area contributed by atoms with Crippen LogP contribution in [-0.2, 0) is 16.1 Å². The zero-order valence-electron chi connectivity index (χ0n) is 20.7. The molecule has 0 unspecified atom stereocenters. The zero-order chi connectivity index (χ0) is 26.5. The van der Waals surface area contributed by atoms with Crippen molar-refractivity contribution in [3.63, 3.8) is 0 Å². The summed E-state index contributed by atoms with van der Waals surface area (Å²) in [5.74, 6) is -0.0858. The van der Waals surface area contributed by atoms with Crippen LogP contribution < -0.4 is 10.6 Å². The minimum absolute atomic E-state index is 0.0367. The van der Waals surface area contributed by atoms with Gasteiger partial charge in [-0.25, -0.2) is 0 Å². The van der Waals surface area contributed by atoms with Crippen molar-refractivity contribution in [1.29, 1.82) is 0 Å². The predicted octanol–water partition coefficient (Wildman–Crippen LogP) is 5.28. The van der Waals surface area contributed by atoms with Crippen LogP contribution in [0.4, 0.5) is 5.69 Å². The van der Waals surface area contributed by atoms with Crippen molar-refractivity contribution in [2.45, 2.75) is 30.9 Å². The van der Waals surface area contributed by atoms with Crippen LogP contribution in [0.15, 0.2) is 72.8 Å². The van der Waals surface area contributed by atoms with Gasteiger partial charge in [-0.3, -0.25) is 14.4 Å². The fourth-order valence-electron chi connectivity index (χ4n) is 4.58. The maximum atomic E-state index is 13.0. The molecule has 3 aromatic rings. The summed E-state index contributed by atoms with van der Waals surface area (Å²) in [5, 5.41) is 6.29. The Morgan fingerprint density at radius 2 is 1.76 bits per heavy atom. The lowest BCUT2D eigenvalue weighted by atomic mass is 10.1. The molecule has 9 heteroatoms. The Morgan fingerprint density at radius 1 is 1.00 bits per heavy atom. The number of rotatable bonds is 8. The predicted molar refractivity (Wildman–Crippen MR) is 149 cm³/mol. The molecule has 38 heavy (non-hydrogen) atoms. The van der Waals surface area contributed by atoms with Crippen molar-refractivity contribution in [2.24, 2.45) is 0 Å². The summed E-state index contributed by atoms with van der Waals surface area (Å²) in [4.78, 5) is 40.2. The van der Waals surface area contributed by atoms with Crippen LogP contribution >= 0.6 is 23.4 Å². The van der Waals surface area contributed by atoms with Gasteiger partial charge in [-0.1, -0.05) is 48.0 Å². The van der Waals surface area contributed by atoms with Gasteiger partial charge in [-0.05, 0) is 60.4 Å². The number of carbonyl (C=O) groups is 3. The van der Waals surface area contributed by atoms with Crippen LogP contribution in [0.1, 0.15) is 50.1 Å². The second kappa shape index (κ2) is 12.0. The quantitative estimate of drug-likeness (QED) is 0.399. The summed E-state index contributed by atoms with van der Waals surface area (Å²) < 4.78 is 5.57. The second-order valence-corrected chi connectivity index (χ2v) is 10.8. The van der Waals surface area contributed by atoms with Gasteiger partial charge >= 0.3 is 0 Å². The molecule has 2 fully saturated rings. The Kier molecular flexibility index (Phi) is 8.32. The summed E-state index contributed by atoms with van der Waals surface area (Å²) in [6, 6.07) is 21.7. The van der Waals surface area contributed by atoms with Crippen LogP contribution in [-0.4, -0.2) is 47.6 Å². The Labute approximate surface area is 230 Å². The molecule has 5 rings (SSSR count). The minimum Gasteiger partial charge on any atom is -0.376 e. The van der Waals surface area contributed by atoms with E-state index >= 15 is 0 Å². The van der Waals surface area contributed by atoms with Gasteiger partial charge in [0.25, 0.3) is 11.8 Å². The van der Waals surface area contributed by atoms with E-state index in [-0.39, 0.29) is 29.2 Å². The number of ether oxygens (including phenoxy) is 1. The molecular formula is C29H28ClN3O4S. The molecule has 0 bridgehead atoms. The molecule has 2 heterocycles. The SMILES string of the molecule is O=C(Nc1ccccc1C(=O)NC[C@@H]1CCCO1)c1ccc([C@@H]2SCC(=O)N2Cc2ccc(Cl)cc2)cc1. The van der Waals surface area contributed by atoms with E-state index in [0.29, 0.717) is 40.7 Å². The molecule has 7 nitrogen and oxygen atoms in total. The van der Waals surface area contributed by atoms with Crippen molar-refractivity contribution in [3.05, 3.63) is 100 Å². The fraction of sp³-hybridized carbons (Fsp3) is 0.276. The van der Waals surface area contributed by atoms with E-state index in [1.165, 1.54) is 0 Å². The molecule has 2 aliphatic heterocycles. The molecule has 2 saturated heterocycles. The Bertz CT molecular complexity index is 1310. The molecular weight excluding hydrogens is 522 g/mol. The van der Waals surface area contributed by atoms with E-state index < -0.39 is 0 Å². The van der Waals surface area contributed by atoms with Crippen LogP contribution in [0.5, 0.6) is 0 Å². The summed E-state index contributed by atoms with van der Waals surface area (Å²) in [7, 11) is 0. The number of halogens is 1. The third-order valence-electron chi connectivity index (χ3n) is 6.63. The number of thioether (sulfide) groups is 1. The summed E-state index contributed by atoms with van der Waals surface area (Å²) in [5.41, 5.74) is 3.25. The Balaban J connectivity index is 1.24. The zero-order valence-corrected chi connectivity index (χ0v) is 22.3. The molecule has 0 spiro atoms. The van der Waals surface area contributed by atoms with E-state index in [1.54, 1.807) is 48.2 Å². The van der Waals surface area contributed by atoms with Gasteiger partial charge in [0.15, 0.2) is 0 Å². The number of carbonyl (C=O) groups excluding carboxylic acids is 3. The number of hydrogen-bond donors (Lipinski definition) is 2.